The van der Waals surface area contributed by atoms with Gasteiger partial charge in [-0.15, -0.1) is 0 Å². The highest BCUT2D eigenvalue weighted by molar-refractivity contribution is 4.86. The minimum absolute atomic E-state index is 0.0120. The van der Waals surface area contributed by atoms with Crippen LogP contribution in [0, 0.1) is 5.92 Å². The topological polar surface area (TPSA) is 117 Å². The lowest BCUT2D eigenvalue weighted by Gasteiger charge is -2.42. The molecule has 0 aromatic rings. The Bertz CT molecular complexity index is 1220. The van der Waals surface area contributed by atoms with Crippen molar-refractivity contribution in [2.24, 2.45) is 5.92 Å². The smallest absolute Gasteiger partial charge is 0.0589 e. The molecule has 1 aliphatic heterocycles. The van der Waals surface area contributed by atoms with E-state index in [0.717, 1.165) is 123 Å². The second-order valence-electron chi connectivity index (χ2n) is 26.2. The Hall–Kier alpha value is -0.400. The van der Waals surface area contributed by atoms with Gasteiger partial charge in [-0.1, -0.05) is 292 Å². The van der Waals surface area contributed by atoms with E-state index in [1.54, 1.807) is 0 Å². The zero-order chi connectivity index (χ0) is 59.1. The predicted octanol–water partition coefficient (Wildman–Crippen LogP) is 16.2. The molecule has 1 rings (SSSR count). The number of aliphatic hydroxyl groups excluding tert-OH is 5. The highest BCUT2D eigenvalue weighted by Gasteiger charge is 2.32. The van der Waals surface area contributed by atoms with Crippen LogP contribution in [0.1, 0.15) is 324 Å². The summed E-state index contributed by atoms with van der Waals surface area (Å²) in [6.45, 7) is 24.0. The molecule has 1 fully saturated rings. The lowest BCUT2D eigenvalue weighted by molar-refractivity contribution is 0.00438. The molecule has 486 valence electrons. The molecule has 0 aromatic carbocycles. The van der Waals surface area contributed by atoms with E-state index in [1.807, 2.05) is 0 Å². The maximum absolute atomic E-state index is 11.3. The summed E-state index contributed by atoms with van der Waals surface area (Å²) in [7, 11) is 0. The second kappa shape index (κ2) is 58.6. The zero-order valence-electron chi connectivity index (χ0n) is 55.7. The van der Waals surface area contributed by atoms with Crippen molar-refractivity contribution in [2.75, 3.05) is 98.5 Å². The Balaban J connectivity index is 3.21. The van der Waals surface area contributed by atoms with Crippen LogP contribution in [0.15, 0.2) is 0 Å². The number of unbranched alkanes of at least 4 members (excludes halogenated alkanes) is 34. The molecule has 1 saturated heterocycles. The van der Waals surface area contributed by atoms with Gasteiger partial charge in [0.2, 0.25) is 0 Å². The standard InChI is InChI=1S/C71H147N5O5/c1-7-12-17-22-27-32-37-42-47-67(61-77)74(58-60-76(70(64-80)50-45-40-35-30-25-20-15-10-4)71(65-81)66(6)46-41-36-31-26-21-16-11-5)57-55-72-51-53-73(54-52-72)56-59-75(68(62-78)48-43-38-33-28-23-18-13-8-2)69(63-79)49-44-39-34-29-24-19-14-9-3/h66-71,77-81H,7-65H2,1-6H3. The van der Waals surface area contributed by atoms with Crippen LogP contribution in [0.3, 0.4) is 0 Å². The van der Waals surface area contributed by atoms with Gasteiger partial charge in [-0.3, -0.25) is 24.5 Å². The third-order valence-electron chi connectivity index (χ3n) is 19.4. The van der Waals surface area contributed by atoms with Crippen LogP contribution < -0.4 is 0 Å². The SMILES string of the molecule is CCCCCCCCCCC(CO)N(CCN1CCN(CCN(C(CO)CCCCCCCCCC)C(CO)CCCCCCCCCC)CC1)CCN(C(CO)CCCCCCCCCC)C(CO)C(C)CCCCCCCCC. The van der Waals surface area contributed by atoms with Gasteiger partial charge in [-0.25, -0.2) is 0 Å². The molecule has 0 aromatic heterocycles. The quantitative estimate of drug-likeness (QED) is 0.0377. The largest absolute Gasteiger partial charge is 0.395 e. The number of hydrogen-bond donors (Lipinski definition) is 5. The first-order valence-corrected chi connectivity index (χ1v) is 36.6. The third-order valence-corrected chi connectivity index (χ3v) is 19.4. The average molecular weight is 1150 g/mol. The lowest BCUT2D eigenvalue weighted by atomic mass is 9.92. The van der Waals surface area contributed by atoms with Crippen molar-refractivity contribution in [1.82, 2.24) is 24.5 Å². The molecule has 0 radical (unpaired) electrons. The molecular weight excluding hydrogens is 1000 g/mol. The van der Waals surface area contributed by atoms with Crippen molar-refractivity contribution in [2.45, 2.75) is 354 Å². The molecule has 0 saturated carbocycles. The van der Waals surface area contributed by atoms with Crippen molar-refractivity contribution >= 4 is 0 Å². The van der Waals surface area contributed by atoms with Gasteiger partial charge in [0, 0.05) is 95.7 Å². The number of piperazine rings is 1. The van der Waals surface area contributed by atoms with E-state index in [-0.39, 0.29) is 63.2 Å². The van der Waals surface area contributed by atoms with Crippen molar-refractivity contribution in [3.05, 3.63) is 0 Å². The van der Waals surface area contributed by atoms with Crippen molar-refractivity contribution in [3.8, 4) is 0 Å². The Morgan fingerprint density at radius 2 is 0.556 bits per heavy atom. The van der Waals surface area contributed by atoms with Crippen LogP contribution >= 0.6 is 0 Å². The average Bonchev–Trinajstić information content (AvgIpc) is 3.50. The van der Waals surface area contributed by atoms with Crippen LogP contribution in [-0.4, -0.2) is 179 Å². The lowest BCUT2D eigenvalue weighted by Crippen LogP contribution is -2.55. The number of rotatable bonds is 64. The van der Waals surface area contributed by atoms with E-state index in [1.165, 1.54) is 225 Å². The van der Waals surface area contributed by atoms with Gasteiger partial charge in [0.05, 0.1) is 33.0 Å². The van der Waals surface area contributed by atoms with Crippen LogP contribution in [-0.2, 0) is 0 Å². The number of hydrogen-bond acceptors (Lipinski definition) is 10. The minimum Gasteiger partial charge on any atom is -0.395 e. The summed E-state index contributed by atoms with van der Waals surface area (Å²) in [6.07, 6.45) is 55.3. The monoisotopic (exact) mass is 1150 g/mol. The molecule has 1 aliphatic rings. The first-order chi connectivity index (χ1) is 39.8. The van der Waals surface area contributed by atoms with Gasteiger partial charge in [0.1, 0.15) is 0 Å². The van der Waals surface area contributed by atoms with Gasteiger partial charge in [0.15, 0.2) is 0 Å². The van der Waals surface area contributed by atoms with Gasteiger partial charge in [-0.2, -0.15) is 0 Å². The van der Waals surface area contributed by atoms with E-state index in [4.69, 9.17) is 0 Å². The van der Waals surface area contributed by atoms with E-state index >= 15 is 0 Å². The Morgan fingerprint density at radius 1 is 0.284 bits per heavy atom. The van der Waals surface area contributed by atoms with Crippen LogP contribution in [0.5, 0.6) is 0 Å². The summed E-state index contributed by atoms with van der Waals surface area (Å²) in [4.78, 5) is 13.0. The fraction of sp³-hybridized carbons (Fsp3) is 1.00. The normalized spacial score (nSPS) is 16.1. The van der Waals surface area contributed by atoms with E-state index in [9.17, 15) is 25.5 Å². The first kappa shape index (κ1) is 78.6. The molecule has 81 heavy (non-hydrogen) atoms. The fourth-order valence-electron chi connectivity index (χ4n) is 13.5. The summed E-state index contributed by atoms with van der Waals surface area (Å²) in [5.41, 5.74) is 0. The molecule has 0 spiro atoms. The minimum atomic E-state index is 0.0120. The highest BCUT2D eigenvalue weighted by atomic mass is 16.3. The summed E-state index contributed by atoms with van der Waals surface area (Å²) in [5, 5.41) is 55.5. The molecule has 1 heterocycles. The van der Waals surface area contributed by atoms with Crippen LogP contribution in [0.4, 0.5) is 0 Å². The molecule has 10 heteroatoms. The Morgan fingerprint density at radius 3 is 0.864 bits per heavy atom. The Kier molecular flexibility index (Phi) is 56.9. The highest BCUT2D eigenvalue weighted by Crippen LogP contribution is 2.26. The van der Waals surface area contributed by atoms with Gasteiger partial charge in [0.25, 0.3) is 0 Å². The van der Waals surface area contributed by atoms with Crippen LogP contribution in [0.25, 0.3) is 0 Å². The molecule has 10 nitrogen and oxygen atoms in total. The van der Waals surface area contributed by atoms with E-state index in [2.05, 4.69) is 66.0 Å². The molecule has 0 aliphatic carbocycles. The molecule has 6 unspecified atom stereocenters. The zero-order valence-corrected chi connectivity index (χ0v) is 55.7. The molecule has 0 bridgehead atoms. The third kappa shape index (κ3) is 41.4. The van der Waals surface area contributed by atoms with Crippen molar-refractivity contribution in [3.63, 3.8) is 0 Å². The van der Waals surface area contributed by atoms with Gasteiger partial charge < -0.3 is 25.5 Å². The summed E-state index contributed by atoms with van der Waals surface area (Å²) in [6, 6.07) is 0.345. The van der Waals surface area contributed by atoms with E-state index in [0.29, 0.717) is 5.92 Å². The summed E-state index contributed by atoms with van der Waals surface area (Å²) >= 11 is 0. The second-order valence-corrected chi connectivity index (χ2v) is 26.2. The molecule has 5 N–H and O–H groups in total. The van der Waals surface area contributed by atoms with E-state index < -0.39 is 0 Å². The van der Waals surface area contributed by atoms with Gasteiger partial charge in [-0.05, 0) is 38.0 Å². The molecular formula is C71H147N5O5. The first-order valence-electron chi connectivity index (χ1n) is 36.6. The summed E-state index contributed by atoms with van der Waals surface area (Å²) in [5.74, 6) is 0.343. The number of nitrogens with zero attached hydrogens (tertiary/aromatic N) is 5. The maximum atomic E-state index is 11.3. The summed E-state index contributed by atoms with van der Waals surface area (Å²) < 4.78 is 0. The molecule has 6 atom stereocenters. The number of aliphatic hydroxyl groups is 5. The van der Waals surface area contributed by atoms with Crippen molar-refractivity contribution < 1.29 is 25.5 Å². The van der Waals surface area contributed by atoms with Crippen molar-refractivity contribution in [1.29, 1.82) is 0 Å². The van der Waals surface area contributed by atoms with Gasteiger partial charge >= 0.3 is 0 Å². The fourth-order valence-corrected chi connectivity index (χ4v) is 13.5. The Labute approximate surface area is 506 Å². The molecule has 0 amide bonds. The van der Waals surface area contributed by atoms with Crippen LogP contribution in [0.2, 0.25) is 0 Å². The predicted molar refractivity (Wildman–Crippen MR) is 353 cm³/mol. The maximum Gasteiger partial charge on any atom is 0.0589 e.